The zero-order chi connectivity index (χ0) is 15.9. The molecule has 6 nitrogen and oxygen atoms in total. The van der Waals surface area contributed by atoms with Gasteiger partial charge in [0.25, 0.3) is 0 Å². The monoisotopic (exact) mass is 284 g/mol. The molecule has 1 rings (SSSR count). The first-order chi connectivity index (χ1) is 8.88. The van der Waals surface area contributed by atoms with Crippen molar-refractivity contribution in [2.45, 2.75) is 53.1 Å². The number of nitrogens with one attached hydrogen (secondary N) is 2. The van der Waals surface area contributed by atoms with Crippen molar-refractivity contribution in [1.82, 2.24) is 10.6 Å². The fourth-order valence-corrected chi connectivity index (χ4v) is 2.43. The molecule has 6 heteroatoms. The van der Waals surface area contributed by atoms with E-state index in [0.717, 1.165) is 0 Å². The number of hydrogen-bond donors (Lipinski definition) is 3. The molecule has 0 aliphatic heterocycles. The van der Waals surface area contributed by atoms with Crippen LogP contribution in [0.4, 0.5) is 0 Å². The topological polar surface area (TPSA) is 95.5 Å². The molecule has 0 aromatic carbocycles. The number of carbonyl (C=O) groups is 3. The first-order valence-corrected chi connectivity index (χ1v) is 6.73. The fourth-order valence-electron chi connectivity index (χ4n) is 2.43. The molecular formula is C14H24N2O4. The zero-order valence-corrected chi connectivity index (χ0v) is 12.9. The van der Waals surface area contributed by atoms with Crippen molar-refractivity contribution in [2.24, 2.45) is 17.3 Å². The maximum atomic E-state index is 12.1. The number of rotatable bonds is 4. The Labute approximate surface area is 119 Å². The van der Waals surface area contributed by atoms with Crippen LogP contribution in [0.5, 0.6) is 0 Å². The maximum absolute atomic E-state index is 12.1. The predicted octanol–water partition coefficient (Wildman–Crippen LogP) is 0.763. The Balaban J connectivity index is 2.60. The summed E-state index contributed by atoms with van der Waals surface area (Å²) in [7, 11) is 0. The molecule has 1 saturated carbocycles. The van der Waals surface area contributed by atoms with Gasteiger partial charge in [-0.25, -0.2) is 0 Å². The molecule has 1 aliphatic carbocycles. The summed E-state index contributed by atoms with van der Waals surface area (Å²) in [6, 6.07) is -0.687. The van der Waals surface area contributed by atoms with Crippen molar-refractivity contribution in [3.63, 3.8) is 0 Å². The van der Waals surface area contributed by atoms with E-state index in [-0.39, 0.29) is 17.4 Å². The largest absolute Gasteiger partial charge is 0.481 e. The maximum Gasteiger partial charge on any atom is 0.307 e. The normalized spacial score (nSPS) is 25.5. The first kappa shape index (κ1) is 16.5. The molecule has 1 aliphatic rings. The Hall–Kier alpha value is -1.59. The highest BCUT2D eigenvalue weighted by Gasteiger charge is 2.66. The number of amides is 2. The smallest absolute Gasteiger partial charge is 0.307 e. The molecule has 1 fully saturated rings. The Kier molecular flexibility index (Phi) is 4.17. The first-order valence-electron chi connectivity index (χ1n) is 6.73. The van der Waals surface area contributed by atoms with Gasteiger partial charge >= 0.3 is 5.97 Å². The van der Waals surface area contributed by atoms with Crippen LogP contribution < -0.4 is 10.6 Å². The molecule has 0 heterocycles. The summed E-state index contributed by atoms with van der Waals surface area (Å²) in [5.41, 5.74) is -0.936. The molecule has 0 saturated heterocycles. The van der Waals surface area contributed by atoms with E-state index in [4.69, 9.17) is 5.11 Å². The molecule has 0 aromatic heterocycles. The van der Waals surface area contributed by atoms with Crippen LogP contribution in [-0.4, -0.2) is 34.5 Å². The Bertz CT molecular complexity index is 437. The van der Waals surface area contributed by atoms with Crippen LogP contribution in [0.15, 0.2) is 0 Å². The molecule has 3 atom stereocenters. The van der Waals surface area contributed by atoms with Gasteiger partial charge in [0.05, 0.1) is 11.8 Å². The van der Waals surface area contributed by atoms with Crippen LogP contribution in [0.2, 0.25) is 0 Å². The number of aliphatic carboxylic acids is 1. The molecule has 0 bridgehead atoms. The average Bonchev–Trinajstić information content (AvgIpc) is 2.79. The third-order valence-electron chi connectivity index (χ3n) is 3.63. The minimum absolute atomic E-state index is 0.281. The lowest BCUT2D eigenvalue weighted by Gasteiger charge is -2.23. The van der Waals surface area contributed by atoms with E-state index >= 15 is 0 Å². The summed E-state index contributed by atoms with van der Waals surface area (Å²) in [5, 5.41) is 14.4. The van der Waals surface area contributed by atoms with Crippen LogP contribution in [0, 0.1) is 17.3 Å². The minimum atomic E-state index is -0.970. The highest BCUT2D eigenvalue weighted by Crippen LogP contribution is 2.58. The summed E-state index contributed by atoms with van der Waals surface area (Å²) in [6.07, 6.45) is 0. The van der Waals surface area contributed by atoms with Gasteiger partial charge in [0.1, 0.15) is 6.04 Å². The van der Waals surface area contributed by atoms with Crippen molar-refractivity contribution in [2.75, 3.05) is 0 Å². The standard InChI is InChI=1S/C14H24N2O4/c1-7(10(17)16-13(2,3)4)15-11(18)8-9(12(19)20)14(8,5)6/h7-9H,1-6H3,(H,15,18)(H,16,17)(H,19,20)/t7?,8-,9+/m0/s1. The van der Waals surface area contributed by atoms with Crippen LogP contribution in [-0.2, 0) is 14.4 Å². The Morgan fingerprint density at radius 3 is 2.00 bits per heavy atom. The van der Waals surface area contributed by atoms with E-state index in [1.54, 1.807) is 20.8 Å². The summed E-state index contributed by atoms with van der Waals surface area (Å²) in [5.74, 6) is -2.89. The molecule has 2 amide bonds. The van der Waals surface area contributed by atoms with Crippen LogP contribution in [0.1, 0.15) is 41.5 Å². The van der Waals surface area contributed by atoms with Crippen LogP contribution in [0.3, 0.4) is 0 Å². The van der Waals surface area contributed by atoms with Crippen molar-refractivity contribution in [3.05, 3.63) is 0 Å². The lowest BCUT2D eigenvalue weighted by molar-refractivity contribution is -0.140. The molecule has 114 valence electrons. The highest BCUT2D eigenvalue weighted by molar-refractivity contribution is 5.94. The lowest BCUT2D eigenvalue weighted by Crippen LogP contribution is -2.51. The van der Waals surface area contributed by atoms with E-state index in [9.17, 15) is 14.4 Å². The minimum Gasteiger partial charge on any atom is -0.481 e. The van der Waals surface area contributed by atoms with E-state index in [0.29, 0.717) is 0 Å². The molecular weight excluding hydrogens is 260 g/mol. The Morgan fingerprint density at radius 1 is 1.15 bits per heavy atom. The lowest BCUT2D eigenvalue weighted by atomic mass is 10.1. The van der Waals surface area contributed by atoms with Gasteiger partial charge in [-0.2, -0.15) is 0 Å². The van der Waals surface area contributed by atoms with Gasteiger partial charge in [-0.1, -0.05) is 13.8 Å². The summed E-state index contributed by atoms with van der Waals surface area (Å²) < 4.78 is 0. The van der Waals surface area contributed by atoms with Gasteiger partial charge < -0.3 is 15.7 Å². The van der Waals surface area contributed by atoms with Gasteiger partial charge in [-0.05, 0) is 33.1 Å². The average molecular weight is 284 g/mol. The molecule has 1 unspecified atom stereocenters. The second-order valence-electron chi connectivity index (χ2n) is 7.08. The van der Waals surface area contributed by atoms with Gasteiger partial charge in [-0.15, -0.1) is 0 Å². The van der Waals surface area contributed by atoms with Crippen LogP contribution >= 0.6 is 0 Å². The molecule has 0 radical (unpaired) electrons. The Morgan fingerprint density at radius 2 is 1.65 bits per heavy atom. The van der Waals surface area contributed by atoms with Crippen molar-refractivity contribution < 1.29 is 19.5 Å². The SMILES string of the molecule is CC(NC(=O)[C@@H]1[C@H](C(=O)O)C1(C)C)C(=O)NC(C)(C)C. The quantitative estimate of drug-likeness (QED) is 0.710. The van der Waals surface area contributed by atoms with Gasteiger partial charge in [0.2, 0.25) is 11.8 Å². The molecule has 20 heavy (non-hydrogen) atoms. The van der Waals surface area contributed by atoms with E-state index in [1.165, 1.54) is 0 Å². The van der Waals surface area contributed by atoms with Gasteiger partial charge in [0.15, 0.2) is 0 Å². The van der Waals surface area contributed by atoms with Crippen molar-refractivity contribution in [1.29, 1.82) is 0 Å². The van der Waals surface area contributed by atoms with Crippen molar-refractivity contribution >= 4 is 17.8 Å². The van der Waals surface area contributed by atoms with Crippen LogP contribution in [0.25, 0.3) is 0 Å². The fraction of sp³-hybridized carbons (Fsp3) is 0.786. The summed E-state index contributed by atoms with van der Waals surface area (Å²) >= 11 is 0. The van der Waals surface area contributed by atoms with Crippen molar-refractivity contribution in [3.8, 4) is 0 Å². The third-order valence-corrected chi connectivity index (χ3v) is 3.63. The summed E-state index contributed by atoms with van der Waals surface area (Å²) in [6.45, 7) is 10.6. The van der Waals surface area contributed by atoms with E-state index in [2.05, 4.69) is 10.6 Å². The zero-order valence-electron chi connectivity index (χ0n) is 12.9. The van der Waals surface area contributed by atoms with Gasteiger partial charge in [0, 0.05) is 5.54 Å². The summed E-state index contributed by atoms with van der Waals surface area (Å²) in [4.78, 5) is 35.0. The number of carboxylic acid groups (broad SMARTS) is 1. The molecule has 3 N–H and O–H groups in total. The second-order valence-corrected chi connectivity index (χ2v) is 7.08. The number of hydrogen-bond acceptors (Lipinski definition) is 3. The number of carboxylic acids is 1. The van der Waals surface area contributed by atoms with E-state index in [1.807, 2.05) is 20.8 Å². The predicted molar refractivity (Wildman–Crippen MR) is 73.9 cm³/mol. The van der Waals surface area contributed by atoms with Gasteiger partial charge in [-0.3, -0.25) is 14.4 Å². The third kappa shape index (κ3) is 3.49. The highest BCUT2D eigenvalue weighted by atomic mass is 16.4. The number of carbonyl (C=O) groups excluding carboxylic acids is 2. The second kappa shape index (κ2) is 5.07. The molecule has 0 spiro atoms. The molecule has 0 aromatic rings. The van der Waals surface area contributed by atoms with E-state index < -0.39 is 29.3 Å².